The lowest BCUT2D eigenvalue weighted by atomic mass is 10.0. The molecule has 0 bridgehead atoms. The maximum atomic E-state index is 12.3. The SMILES string of the molecule is COc1ccc(C(N)CC(F)(F)F)c(OC)c1Cl. The molecule has 2 N–H and O–H groups in total. The first-order valence-corrected chi connectivity index (χ1v) is 5.40. The van der Waals surface area contributed by atoms with Crippen LogP contribution in [-0.4, -0.2) is 20.4 Å². The van der Waals surface area contributed by atoms with Gasteiger partial charge in [0, 0.05) is 11.6 Å². The van der Waals surface area contributed by atoms with Gasteiger partial charge >= 0.3 is 6.18 Å². The van der Waals surface area contributed by atoms with Gasteiger partial charge in [0.25, 0.3) is 0 Å². The molecule has 0 radical (unpaired) electrons. The first-order valence-electron chi connectivity index (χ1n) is 5.03. The van der Waals surface area contributed by atoms with Crippen molar-refractivity contribution >= 4 is 11.6 Å². The second kappa shape index (κ2) is 5.67. The number of nitrogens with two attached hydrogens (primary N) is 1. The highest BCUT2D eigenvalue weighted by atomic mass is 35.5. The van der Waals surface area contributed by atoms with Gasteiger partial charge in [-0.3, -0.25) is 0 Å². The number of hydrogen-bond acceptors (Lipinski definition) is 3. The molecule has 0 amide bonds. The van der Waals surface area contributed by atoms with E-state index in [0.29, 0.717) is 5.75 Å². The van der Waals surface area contributed by atoms with Gasteiger partial charge in [0.2, 0.25) is 0 Å². The average molecular weight is 284 g/mol. The zero-order valence-corrected chi connectivity index (χ0v) is 10.6. The Kier molecular flexibility index (Phi) is 4.70. The van der Waals surface area contributed by atoms with Crippen molar-refractivity contribution in [2.45, 2.75) is 18.6 Å². The molecule has 0 aliphatic rings. The van der Waals surface area contributed by atoms with E-state index in [9.17, 15) is 13.2 Å². The summed E-state index contributed by atoms with van der Waals surface area (Å²) in [5.74, 6) is 0.421. The molecule has 18 heavy (non-hydrogen) atoms. The van der Waals surface area contributed by atoms with Crippen LogP contribution in [0.1, 0.15) is 18.0 Å². The molecule has 1 atom stereocenters. The summed E-state index contributed by atoms with van der Waals surface area (Å²) in [6, 6.07) is 1.64. The topological polar surface area (TPSA) is 44.5 Å². The van der Waals surface area contributed by atoms with Crippen molar-refractivity contribution < 1.29 is 22.6 Å². The van der Waals surface area contributed by atoms with Crippen molar-refractivity contribution in [3.05, 3.63) is 22.7 Å². The van der Waals surface area contributed by atoms with Gasteiger partial charge in [0.15, 0.2) is 0 Å². The molecule has 0 saturated carbocycles. The number of ether oxygens (including phenoxy) is 2. The van der Waals surface area contributed by atoms with Crippen molar-refractivity contribution in [3.8, 4) is 11.5 Å². The van der Waals surface area contributed by atoms with E-state index in [1.54, 1.807) is 0 Å². The fourth-order valence-corrected chi connectivity index (χ4v) is 1.90. The Morgan fingerprint density at radius 2 is 1.89 bits per heavy atom. The first-order chi connectivity index (χ1) is 8.30. The molecular weight excluding hydrogens is 271 g/mol. The fourth-order valence-electron chi connectivity index (χ4n) is 1.57. The van der Waals surface area contributed by atoms with Crippen molar-refractivity contribution in [3.63, 3.8) is 0 Å². The van der Waals surface area contributed by atoms with Gasteiger partial charge < -0.3 is 15.2 Å². The van der Waals surface area contributed by atoms with Gasteiger partial charge in [-0.05, 0) is 12.1 Å². The van der Waals surface area contributed by atoms with Crippen LogP contribution >= 0.6 is 11.6 Å². The number of hydrogen-bond donors (Lipinski definition) is 1. The van der Waals surface area contributed by atoms with Crippen LogP contribution in [0.2, 0.25) is 5.02 Å². The van der Waals surface area contributed by atoms with E-state index in [0.717, 1.165) is 0 Å². The van der Waals surface area contributed by atoms with E-state index in [2.05, 4.69) is 0 Å². The van der Waals surface area contributed by atoms with Crippen LogP contribution < -0.4 is 15.2 Å². The number of halogens is 4. The number of alkyl halides is 3. The maximum absolute atomic E-state index is 12.3. The second-order valence-electron chi connectivity index (χ2n) is 3.63. The van der Waals surface area contributed by atoms with Crippen LogP contribution in [0.25, 0.3) is 0 Å². The molecule has 0 fully saturated rings. The second-order valence-corrected chi connectivity index (χ2v) is 4.01. The molecule has 0 saturated heterocycles. The summed E-state index contributed by atoms with van der Waals surface area (Å²) >= 11 is 5.94. The summed E-state index contributed by atoms with van der Waals surface area (Å²) in [5, 5.41) is 0.107. The van der Waals surface area contributed by atoms with Gasteiger partial charge in [0.05, 0.1) is 20.6 Å². The monoisotopic (exact) mass is 283 g/mol. The predicted molar refractivity (Wildman–Crippen MR) is 62.2 cm³/mol. The van der Waals surface area contributed by atoms with E-state index >= 15 is 0 Å². The number of rotatable bonds is 4. The number of benzene rings is 1. The molecule has 0 aliphatic heterocycles. The molecule has 0 aliphatic carbocycles. The van der Waals surface area contributed by atoms with Crippen LogP contribution in [0, 0.1) is 0 Å². The van der Waals surface area contributed by atoms with Gasteiger partial charge in [-0.25, -0.2) is 0 Å². The molecule has 1 rings (SSSR count). The van der Waals surface area contributed by atoms with Crippen molar-refractivity contribution in [1.29, 1.82) is 0 Å². The Morgan fingerprint density at radius 3 is 2.33 bits per heavy atom. The zero-order chi connectivity index (χ0) is 13.9. The molecule has 7 heteroatoms. The Hall–Kier alpha value is -1.14. The third-order valence-electron chi connectivity index (χ3n) is 2.37. The first kappa shape index (κ1) is 14.9. The lowest BCUT2D eigenvalue weighted by Crippen LogP contribution is -2.20. The largest absolute Gasteiger partial charge is 0.495 e. The number of methoxy groups -OCH3 is 2. The van der Waals surface area contributed by atoms with Gasteiger partial charge in [-0.15, -0.1) is 0 Å². The van der Waals surface area contributed by atoms with Crippen LogP contribution in [0.15, 0.2) is 12.1 Å². The average Bonchev–Trinajstić information content (AvgIpc) is 2.26. The highest BCUT2D eigenvalue weighted by Crippen LogP contribution is 2.41. The summed E-state index contributed by atoms with van der Waals surface area (Å²) in [5.41, 5.74) is 5.71. The molecule has 0 spiro atoms. The van der Waals surface area contributed by atoms with Crippen LogP contribution in [0.4, 0.5) is 13.2 Å². The lowest BCUT2D eigenvalue weighted by Gasteiger charge is -2.19. The summed E-state index contributed by atoms with van der Waals surface area (Å²) < 4.78 is 46.8. The molecule has 1 aromatic carbocycles. The zero-order valence-electron chi connectivity index (χ0n) is 9.84. The highest BCUT2D eigenvalue weighted by molar-refractivity contribution is 6.33. The van der Waals surface area contributed by atoms with E-state index in [1.165, 1.54) is 26.4 Å². The summed E-state index contributed by atoms with van der Waals surface area (Å²) in [6.45, 7) is 0. The summed E-state index contributed by atoms with van der Waals surface area (Å²) in [4.78, 5) is 0. The molecule has 102 valence electrons. The van der Waals surface area contributed by atoms with E-state index in [4.69, 9.17) is 26.8 Å². The summed E-state index contributed by atoms with van der Waals surface area (Å²) in [7, 11) is 2.71. The van der Waals surface area contributed by atoms with Crippen molar-refractivity contribution in [2.24, 2.45) is 5.73 Å². The minimum absolute atomic E-state index is 0.104. The maximum Gasteiger partial charge on any atom is 0.390 e. The molecule has 3 nitrogen and oxygen atoms in total. The minimum atomic E-state index is -4.35. The predicted octanol–water partition coefficient (Wildman–Crippen LogP) is 3.31. The fraction of sp³-hybridized carbons (Fsp3) is 0.455. The minimum Gasteiger partial charge on any atom is -0.495 e. The normalized spacial score (nSPS) is 13.3. The molecular formula is C11H13ClF3NO2. The summed E-state index contributed by atoms with van der Waals surface area (Å²) in [6.07, 6.45) is -5.50. The molecule has 0 aromatic heterocycles. The smallest absolute Gasteiger partial charge is 0.390 e. The lowest BCUT2D eigenvalue weighted by molar-refractivity contribution is -0.138. The van der Waals surface area contributed by atoms with E-state index in [1.807, 2.05) is 0 Å². The van der Waals surface area contributed by atoms with E-state index in [-0.39, 0.29) is 16.3 Å². The van der Waals surface area contributed by atoms with Crippen LogP contribution in [0.5, 0.6) is 11.5 Å². The van der Waals surface area contributed by atoms with Gasteiger partial charge in [0.1, 0.15) is 16.5 Å². The van der Waals surface area contributed by atoms with E-state index < -0.39 is 18.6 Å². The Bertz CT molecular complexity index is 423. The van der Waals surface area contributed by atoms with Gasteiger partial charge in [-0.2, -0.15) is 13.2 Å². The van der Waals surface area contributed by atoms with Crippen molar-refractivity contribution in [1.82, 2.24) is 0 Å². The standard InChI is InChI=1S/C11H13ClF3NO2/c1-17-8-4-3-6(10(18-2)9(8)12)7(16)5-11(13,14)15/h3-4,7H,5,16H2,1-2H3. The highest BCUT2D eigenvalue weighted by Gasteiger charge is 2.32. The third kappa shape index (κ3) is 3.43. The molecule has 1 unspecified atom stereocenters. The Morgan fingerprint density at radius 1 is 1.28 bits per heavy atom. The van der Waals surface area contributed by atoms with Crippen molar-refractivity contribution in [2.75, 3.05) is 14.2 Å². The molecule has 0 heterocycles. The Labute approximate surface area is 108 Å². The van der Waals surface area contributed by atoms with Crippen LogP contribution in [0.3, 0.4) is 0 Å². The molecule has 1 aromatic rings. The quantitative estimate of drug-likeness (QED) is 0.922. The third-order valence-corrected chi connectivity index (χ3v) is 2.72. The van der Waals surface area contributed by atoms with Crippen LogP contribution in [-0.2, 0) is 0 Å². The Balaban J connectivity index is 3.13. The van der Waals surface area contributed by atoms with Gasteiger partial charge in [-0.1, -0.05) is 11.6 Å².